The molecule has 1 aromatic heterocycles. The lowest BCUT2D eigenvalue weighted by Gasteiger charge is -2.30. The SMILES string of the molecule is B/C(CCCc1ccc2c(N)c(-c3ccc(NC(=O)OC(C)C4CC4)cc3)n(C3CCC3)c2c1)=N\C(C)=N. The Morgan fingerprint density at radius 2 is 1.95 bits per heavy atom. The fourth-order valence-electron chi connectivity index (χ4n) is 5.44. The molecular formula is C30H38BN5O2. The predicted molar refractivity (Wildman–Crippen MR) is 159 cm³/mol. The van der Waals surface area contributed by atoms with Crippen molar-refractivity contribution in [2.24, 2.45) is 10.9 Å². The number of carbonyl (C=O) groups excluding carboxylic acids is 1. The van der Waals surface area contributed by atoms with Crippen molar-refractivity contribution in [2.75, 3.05) is 11.1 Å². The number of ether oxygens (including phenoxy) is 1. The van der Waals surface area contributed by atoms with Crippen LogP contribution in [-0.2, 0) is 11.2 Å². The van der Waals surface area contributed by atoms with Crippen molar-refractivity contribution in [3.8, 4) is 11.3 Å². The molecule has 2 saturated carbocycles. The number of fused-ring (bicyclic) bond motifs is 1. The molecule has 2 aliphatic rings. The van der Waals surface area contributed by atoms with Crippen LogP contribution in [0.5, 0.6) is 0 Å². The van der Waals surface area contributed by atoms with E-state index in [-0.39, 0.29) is 6.10 Å². The molecule has 4 N–H and O–H groups in total. The van der Waals surface area contributed by atoms with Crippen LogP contribution in [0.15, 0.2) is 47.5 Å². The number of rotatable bonds is 9. The summed E-state index contributed by atoms with van der Waals surface area (Å²) in [5.74, 6) is 0.867. The molecule has 1 unspecified atom stereocenters. The van der Waals surface area contributed by atoms with E-state index in [1.54, 1.807) is 6.92 Å². The van der Waals surface area contributed by atoms with Crippen LogP contribution in [0.1, 0.15) is 70.4 Å². The van der Waals surface area contributed by atoms with Crippen LogP contribution < -0.4 is 11.1 Å². The molecule has 1 amide bonds. The maximum Gasteiger partial charge on any atom is 0.411 e. The van der Waals surface area contributed by atoms with E-state index in [1.165, 1.54) is 17.5 Å². The van der Waals surface area contributed by atoms with Gasteiger partial charge in [-0.3, -0.25) is 15.7 Å². The molecule has 2 aliphatic carbocycles. The molecule has 7 nitrogen and oxygen atoms in total. The number of aromatic nitrogens is 1. The normalized spacial score (nSPS) is 16.7. The number of hydrogen-bond acceptors (Lipinski definition) is 4. The lowest BCUT2D eigenvalue weighted by Crippen LogP contribution is -2.21. The number of benzene rings is 2. The smallest absolute Gasteiger partial charge is 0.411 e. The summed E-state index contributed by atoms with van der Waals surface area (Å²) in [6, 6.07) is 15.0. The number of amides is 1. The molecule has 38 heavy (non-hydrogen) atoms. The number of amidine groups is 1. The van der Waals surface area contributed by atoms with Crippen molar-refractivity contribution >= 4 is 47.7 Å². The van der Waals surface area contributed by atoms with Gasteiger partial charge in [0.15, 0.2) is 7.85 Å². The maximum atomic E-state index is 12.3. The largest absolute Gasteiger partial charge is 0.446 e. The molecule has 1 atom stereocenters. The molecule has 5 rings (SSSR count). The minimum atomic E-state index is -0.401. The molecule has 0 radical (unpaired) electrons. The van der Waals surface area contributed by atoms with Gasteiger partial charge in [0.05, 0.1) is 16.9 Å². The molecule has 198 valence electrons. The van der Waals surface area contributed by atoms with E-state index in [0.717, 1.165) is 72.9 Å². The molecule has 2 aromatic carbocycles. The van der Waals surface area contributed by atoms with E-state index >= 15 is 0 Å². The van der Waals surface area contributed by atoms with Gasteiger partial charge in [-0.25, -0.2) is 4.79 Å². The van der Waals surface area contributed by atoms with Gasteiger partial charge in [0.1, 0.15) is 11.9 Å². The second kappa shape index (κ2) is 11.1. The van der Waals surface area contributed by atoms with Crippen molar-refractivity contribution in [1.82, 2.24) is 4.57 Å². The molecule has 0 aliphatic heterocycles. The Kier molecular flexibility index (Phi) is 7.59. The lowest BCUT2D eigenvalue weighted by molar-refractivity contribution is 0.108. The number of nitrogens with two attached hydrogens (primary N) is 1. The van der Waals surface area contributed by atoms with Gasteiger partial charge in [0, 0.05) is 22.7 Å². The number of nitrogen functional groups attached to an aromatic ring is 1. The summed E-state index contributed by atoms with van der Waals surface area (Å²) in [5, 5.41) is 11.5. The second-order valence-corrected chi connectivity index (χ2v) is 11.0. The maximum absolute atomic E-state index is 12.3. The van der Waals surface area contributed by atoms with E-state index in [2.05, 4.69) is 33.1 Å². The molecular weight excluding hydrogens is 473 g/mol. The van der Waals surface area contributed by atoms with E-state index in [1.807, 2.05) is 39.0 Å². The summed E-state index contributed by atoms with van der Waals surface area (Å²) in [4.78, 5) is 16.5. The Balaban J connectivity index is 1.37. The van der Waals surface area contributed by atoms with Crippen LogP contribution in [0, 0.1) is 11.3 Å². The summed E-state index contributed by atoms with van der Waals surface area (Å²) in [6.07, 6.45) is 8.23. The second-order valence-electron chi connectivity index (χ2n) is 11.0. The predicted octanol–water partition coefficient (Wildman–Crippen LogP) is 6.31. The van der Waals surface area contributed by atoms with E-state index < -0.39 is 6.09 Å². The molecule has 0 saturated heterocycles. The summed E-state index contributed by atoms with van der Waals surface area (Å²) in [5.41, 5.74) is 13.9. The fraction of sp³-hybridized carbons (Fsp3) is 0.433. The van der Waals surface area contributed by atoms with Gasteiger partial charge >= 0.3 is 6.09 Å². The number of aliphatic imine (C=N–C) groups is 1. The van der Waals surface area contributed by atoms with E-state index in [0.29, 0.717) is 23.5 Å². The lowest BCUT2D eigenvalue weighted by atomic mass is 9.92. The van der Waals surface area contributed by atoms with Crippen molar-refractivity contribution in [3.63, 3.8) is 0 Å². The Bertz CT molecular complexity index is 1370. The monoisotopic (exact) mass is 511 g/mol. The first kappa shape index (κ1) is 26.1. The van der Waals surface area contributed by atoms with Gasteiger partial charge < -0.3 is 15.0 Å². The average Bonchev–Trinajstić information content (AvgIpc) is 3.65. The quantitative estimate of drug-likeness (QED) is 0.178. The fourth-order valence-corrected chi connectivity index (χ4v) is 5.44. The topological polar surface area (TPSA) is 105 Å². The third-order valence-electron chi connectivity index (χ3n) is 7.89. The number of nitrogens with zero attached hydrogens (tertiary/aromatic N) is 2. The molecule has 8 heteroatoms. The highest BCUT2D eigenvalue weighted by atomic mass is 16.6. The third-order valence-corrected chi connectivity index (χ3v) is 7.89. The Morgan fingerprint density at radius 1 is 1.21 bits per heavy atom. The van der Waals surface area contributed by atoms with Crippen molar-refractivity contribution < 1.29 is 9.53 Å². The third kappa shape index (κ3) is 5.79. The number of aryl methyl sites for hydroxylation is 1. The zero-order valence-corrected chi connectivity index (χ0v) is 22.7. The van der Waals surface area contributed by atoms with Crippen LogP contribution >= 0.6 is 0 Å². The number of anilines is 2. The minimum absolute atomic E-state index is 0.0414. The number of carbonyl (C=O) groups is 1. The van der Waals surface area contributed by atoms with Gasteiger partial charge in [-0.05, 0) is 101 Å². The summed E-state index contributed by atoms with van der Waals surface area (Å²) in [6.45, 7) is 3.67. The van der Waals surface area contributed by atoms with Crippen LogP contribution in [-0.4, -0.2) is 36.1 Å². The summed E-state index contributed by atoms with van der Waals surface area (Å²) >= 11 is 0. The first-order valence-corrected chi connectivity index (χ1v) is 13.9. The van der Waals surface area contributed by atoms with Gasteiger partial charge in [-0.1, -0.05) is 24.3 Å². The van der Waals surface area contributed by atoms with Crippen molar-refractivity contribution in [2.45, 2.75) is 77.4 Å². The van der Waals surface area contributed by atoms with Gasteiger partial charge in [0.2, 0.25) is 0 Å². The zero-order chi connectivity index (χ0) is 26.8. The van der Waals surface area contributed by atoms with Crippen molar-refractivity contribution in [3.05, 3.63) is 48.0 Å². The van der Waals surface area contributed by atoms with Gasteiger partial charge in [-0.15, -0.1) is 0 Å². The zero-order valence-electron chi connectivity index (χ0n) is 22.7. The highest BCUT2D eigenvalue weighted by Crippen LogP contribution is 2.44. The van der Waals surface area contributed by atoms with Crippen LogP contribution in [0.25, 0.3) is 22.2 Å². The molecule has 3 aromatic rings. The van der Waals surface area contributed by atoms with Gasteiger partial charge in [-0.2, -0.15) is 0 Å². The summed E-state index contributed by atoms with van der Waals surface area (Å²) < 4.78 is 7.94. The average molecular weight is 511 g/mol. The van der Waals surface area contributed by atoms with Gasteiger partial charge in [0.25, 0.3) is 0 Å². The Hall–Kier alpha value is -3.55. The molecule has 2 fully saturated rings. The van der Waals surface area contributed by atoms with Crippen LogP contribution in [0.4, 0.5) is 16.2 Å². The highest BCUT2D eigenvalue weighted by molar-refractivity contribution is 6.60. The van der Waals surface area contributed by atoms with Crippen molar-refractivity contribution in [1.29, 1.82) is 5.41 Å². The molecule has 0 bridgehead atoms. The molecule has 1 heterocycles. The summed E-state index contributed by atoms with van der Waals surface area (Å²) in [7, 11) is 1.99. The van der Waals surface area contributed by atoms with Crippen LogP contribution in [0.2, 0.25) is 0 Å². The van der Waals surface area contributed by atoms with Crippen LogP contribution in [0.3, 0.4) is 0 Å². The molecule has 0 spiro atoms. The van der Waals surface area contributed by atoms with E-state index in [4.69, 9.17) is 15.9 Å². The first-order valence-electron chi connectivity index (χ1n) is 13.9. The number of hydrogen-bond donors (Lipinski definition) is 3. The minimum Gasteiger partial charge on any atom is -0.446 e. The Labute approximate surface area is 225 Å². The van der Waals surface area contributed by atoms with E-state index in [9.17, 15) is 4.79 Å². The number of nitrogens with one attached hydrogen (secondary N) is 2. The first-order chi connectivity index (χ1) is 18.3. The standard InChI is InChI=1S/C30H38BN5O2/c1-18(21-10-11-21)38-30(37)35-23-14-12-22(13-15-23)29-28(33)25-16-9-20(5-3-8-27(31)34-19(2)32)17-26(25)36(29)24-6-4-7-24/h9,12-18,21,24,32H,3-8,10-11,31,33H2,1-2H3,(H,35,37)/b32-19?,34-27-. The Morgan fingerprint density at radius 3 is 2.58 bits per heavy atom. The highest BCUT2D eigenvalue weighted by Gasteiger charge is 2.31.